The highest BCUT2D eigenvalue weighted by molar-refractivity contribution is 5.97. The molecule has 3 aromatic heterocycles. The maximum absolute atomic E-state index is 13.5. The van der Waals surface area contributed by atoms with Crippen LogP contribution in [0.2, 0.25) is 0 Å². The Bertz CT molecular complexity index is 1220. The van der Waals surface area contributed by atoms with Gasteiger partial charge in [0.05, 0.1) is 11.9 Å². The molecule has 7 heteroatoms. The minimum absolute atomic E-state index is 0.00412. The number of amides is 1. The first-order valence-electron chi connectivity index (χ1n) is 10.9. The first kappa shape index (κ1) is 20.1. The van der Waals surface area contributed by atoms with E-state index in [2.05, 4.69) is 41.0 Å². The fourth-order valence-corrected chi connectivity index (χ4v) is 4.11. The highest BCUT2D eigenvalue weighted by Crippen LogP contribution is 2.24. The van der Waals surface area contributed by atoms with Crippen molar-refractivity contribution in [2.24, 2.45) is 0 Å². The van der Waals surface area contributed by atoms with Gasteiger partial charge in [0.1, 0.15) is 11.4 Å². The second kappa shape index (κ2) is 8.34. The largest absolute Gasteiger partial charge is 0.353 e. The molecular formula is C25H26N6O. The summed E-state index contributed by atoms with van der Waals surface area (Å²) < 4.78 is 3.81. The molecule has 4 aromatic rings. The lowest BCUT2D eigenvalue weighted by atomic mass is 10.1. The zero-order valence-corrected chi connectivity index (χ0v) is 18.3. The normalized spacial score (nSPS) is 14.1. The van der Waals surface area contributed by atoms with E-state index in [0.717, 1.165) is 30.4 Å². The van der Waals surface area contributed by atoms with Crippen molar-refractivity contribution in [3.05, 3.63) is 90.0 Å². The Hall–Kier alpha value is -3.87. The summed E-state index contributed by atoms with van der Waals surface area (Å²) in [6.45, 7) is 6.99. The van der Waals surface area contributed by atoms with Gasteiger partial charge in [-0.05, 0) is 61.4 Å². The maximum atomic E-state index is 13.5. The van der Waals surface area contributed by atoms with Crippen molar-refractivity contribution in [3.8, 4) is 11.5 Å². The second-order valence-corrected chi connectivity index (χ2v) is 8.12. The van der Waals surface area contributed by atoms with E-state index in [0.29, 0.717) is 18.7 Å². The van der Waals surface area contributed by atoms with Crippen molar-refractivity contribution in [1.29, 1.82) is 0 Å². The Morgan fingerprint density at radius 3 is 2.38 bits per heavy atom. The average molecular weight is 427 g/mol. The molecule has 0 radical (unpaired) electrons. The summed E-state index contributed by atoms with van der Waals surface area (Å²) >= 11 is 0. The van der Waals surface area contributed by atoms with E-state index in [1.807, 2.05) is 62.9 Å². The number of pyridine rings is 1. The van der Waals surface area contributed by atoms with Crippen LogP contribution in [0.25, 0.3) is 11.5 Å². The zero-order valence-electron chi connectivity index (χ0n) is 18.3. The lowest BCUT2D eigenvalue weighted by Gasteiger charge is -2.35. The molecular weight excluding hydrogens is 400 g/mol. The molecule has 0 unspecified atom stereocenters. The Morgan fingerprint density at radius 2 is 1.69 bits per heavy atom. The number of carbonyl (C=O) groups is 1. The van der Waals surface area contributed by atoms with Crippen molar-refractivity contribution >= 4 is 11.7 Å². The molecule has 0 N–H and O–H groups in total. The van der Waals surface area contributed by atoms with Gasteiger partial charge in [0.25, 0.3) is 5.91 Å². The predicted octanol–water partition coefficient (Wildman–Crippen LogP) is 3.64. The van der Waals surface area contributed by atoms with Gasteiger partial charge in [0, 0.05) is 44.8 Å². The van der Waals surface area contributed by atoms with Crippen LogP contribution in [0.3, 0.4) is 0 Å². The molecule has 0 saturated carbocycles. The van der Waals surface area contributed by atoms with Gasteiger partial charge in [0.15, 0.2) is 5.82 Å². The van der Waals surface area contributed by atoms with Crippen LogP contribution in [-0.4, -0.2) is 56.3 Å². The molecule has 1 amide bonds. The number of aryl methyl sites for hydroxylation is 2. The molecule has 162 valence electrons. The van der Waals surface area contributed by atoms with Crippen LogP contribution in [-0.2, 0) is 0 Å². The minimum Gasteiger partial charge on any atom is -0.353 e. The first-order chi connectivity index (χ1) is 15.6. The summed E-state index contributed by atoms with van der Waals surface area (Å²) in [5.74, 6) is 1.72. The van der Waals surface area contributed by atoms with Crippen molar-refractivity contribution in [2.45, 2.75) is 13.8 Å². The van der Waals surface area contributed by atoms with E-state index in [9.17, 15) is 4.79 Å². The van der Waals surface area contributed by atoms with Gasteiger partial charge in [-0.15, -0.1) is 0 Å². The lowest BCUT2D eigenvalue weighted by Crippen LogP contribution is -2.49. The molecule has 0 spiro atoms. The molecule has 1 aliphatic heterocycles. The molecule has 1 aliphatic rings. The minimum atomic E-state index is 0.00412. The summed E-state index contributed by atoms with van der Waals surface area (Å²) in [4.78, 5) is 22.1. The van der Waals surface area contributed by atoms with Gasteiger partial charge in [-0.3, -0.25) is 4.79 Å². The summed E-state index contributed by atoms with van der Waals surface area (Å²) in [6.07, 6.45) is 7.39. The van der Waals surface area contributed by atoms with E-state index in [4.69, 9.17) is 0 Å². The Labute approximate surface area is 187 Å². The van der Waals surface area contributed by atoms with Crippen LogP contribution in [0, 0.1) is 13.8 Å². The average Bonchev–Trinajstić information content (AvgIpc) is 3.51. The first-order valence-corrected chi connectivity index (χ1v) is 10.9. The number of hydrogen-bond donors (Lipinski definition) is 0. The number of benzene rings is 1. The fraction of sp³-hybridized carbons (Fsp3) is 0.240. The van der Waals surface area contributed by atoms with Crippen LogP contribution in [0.1, 0.15) is 21.5 Å². The SMILES string of the molecule is Cc1ccc(-n2ncc(C(=O)N3CCN(c4ccccn4)CC3)c2-n2cccc2)cc1C. The molecule has 1 aromatic carbocycles. The second-order valence-electron chi connectivity index (χ2n) is 8.12. The molecule has 0 bridgehead atoms. The van der Waals surface area contributed by atoms with Gasteiger partial charge in [-0.2, -0.15) is 5.10 Å². The van der Waals surface area contributed by atoms with E-state index in [1.165, 1.54) is 11.1 Å². The third-order valence-electron chi connectivity index (χ3n) is 6.10. The van der Waals surface area contributed by atoms with Crippen LogP contribution in [0.4, 0.5) is 5.82 Å². The zero-order chi connectivity index (χ0) is 22.1. The number of carbonyl (C=O) groups excluding carboxylic acids is 1. The highest BCUT2D eigenvalue weighted by Gasteiger charge is 2.27. The molecule has 7 nitrogen and oxygen atoms in total. The predicted molar refractivity (Wildman–Crippen MR) is 125 cm³/mol. The number of hydrogen-bond acceptors (Lipinski definition) is 4. The number of rotatable bonds is 4. The van der Waals surface area contributed by atoms with E-state index >= 15 is 0 Å². The number of anilines is 1. The van der Waals surface area contributed by atoms with Gasteiger partial charge in [-0.1, -0.05) is 12.1 Å². The van der Waals surface area contributed by atoms with Crippen molar-refractivity contribution in [2.75, 3.05) is 31.1 Å². The Morgan fingerprint density at radius 1 is 0.906 bits per heavy atom. The number of nitrogens with zero attached hydrogens (tertiary/aromatic N) is 6. The van der Waals surface area contributed by atoms with Crippen molar-refractivity contribution in [1.82, 2.24) is 24.2 Å². The van der Waals surface area contributed by atoms with Gasteiger partial charge >= 0.3 is 0 Å². The monoisotopic (exact) mass is 426 g/mol. The van der Waals surface area contributed by atoms with Gasteiger partial charge < -0.3 is 14.4 Å². The van der Waals surface area contributed by atoms with Crippen LogP contribution in [0.5, 0.6) is 0 Å². The Balaban J connectivity index is 1.44. The quantitative estimate of drug-likeness (QED) is 0.500. The standard InChI is InChI=1S/C25H26N6O/c1-19-8-9-21(17-20(19)2)31-24(29-11-5-6-12-29)22(18-27-31)25(32)30-15-13-28(14-16-30)23-7-3-4-10-26-23/h3-12,17-18H,13-16H2,1-2H3. The molecule has 32 heavy (non-hydrogen) atoms. The summed E-state index contributed by atoms with van der Waals surface area (Å²) in [6, 6.07) is 16.1. The maximum Gasteiger partial charge on any atom is 0.259 e. The van der Waals surface area contributed by atoms with Crippen LogP contribution in [0.15, 0.2) is 73.3 Å². The third-order valence-corrected chi connectivity index (χ3v) is 6.10. The van der Waals surface area contributed by atoms with E-state index < -0.39 is 0 Å². The smallest absolute Gasteiger partial charge is 0.259 e. The van der Waals surface area contributed by atoms with Crippen LogP contribution >= 0.6 is 0 Å². The van der Waals surface area contributed by atoms with Gasteiger partial charge in [0.2, 0.25) is 0 Å². The van der Waals surface area contributed by atoms with E-state index in [1.54, 1.807) is 12.4 Å². The molecule has 1 fully saturated rings. The Kier molecular flexibility index (Phi) is 5.23. The molecule has 5 rings (SSSR count). The topological polar surface area (TPSA) is 59.2 Å². The molecule has 0 atom stereocenters. The number of aromatic nitrogens is 4. The lowest BCUT2D eigenvalue weighted by molar-refractivity contribution is 0.0746. The molecule has 1 saturated heterocycles. The van der Waals surface area contributed by atoms with Crippen LogP contribution < -0.4 is 4.90 Å². The van der Waals surface area contributed by atoms with Crippen molar-refractivity contribution in [3.63, 3.8) is 0 Å². The summed E-state index contributed by atoms with van der Waals surface area (Å²) in [5, 5.41) is 4.62. The number of piperazine rings is 1. The third kappa shape index (κ3) is 3.66. The van der Waals surface area contributed by atoms with E-state index in [-0.39, 0.29) is 5.91 Å². The molecule has 4 heterocycles. The summed E-state index contributed by atoms with van der Waals surface area (Å²) in [5.41, 5.74) is 3.96. The fourth-order valence-electron chi connectivity index (χ4n) is 4.11. The molecule has 0 aliphatic carbocycles. The van der Waals surface area contributed by atoms with Gasteiger partial charge in [-0.25, -0.2) is 9.67 Å². The highest BCUT2D eigenvalue weighted by atomic mass is 16.2. The summed E-state index contributed by atoms with van der Waals surface area (Å²) in [7, 11) is 0. The van der Waals surface area contributed by atoms with Crippen molar-refractivity contribution < 1.29 is 4.79 Å².